The maximum atomic E-state index is 13.1. The number of rotatable bonds is 2. The Kier molecular flexibility index (Phi) is 4.50. The molecular formula is C15H20F3N. The van der Waals surface area contributed by atoms with Crippen molar-refractivity contribution in [1.29, 1.82) is 0 Å². The van der Waals surface area contributed by atoms with Gasteiger partial charge < -0.3 is 5.32 Å². The van der Waals surface area contributed by atoms with Crippen molar-refractivity contribution in [3.8, 4) is 0 Å². The Bertz CT molecular complexity index is 414. The second-order valence-electron chi connectivity index (χ2n) is 5.22. The van der Waals surface area contributed by atoms with Gasteiger partial charge in [0.2, 0.25) is 0 Å². The number of alkyl halides is 3. The highest BCUT2D eigenvalue weighted by atomic mass is 19.4. The minimum Gasteiger partial charge on any atom is -0.316 e. The first kappa shape index (κ1) is 14.4. The van der Waals surface area contributed by atoms with Crippen LogP contribution in [-0.2, 0) is 6.18 Å². The van der Waals surface area contributed by atoms with Gasteiger partial charge in [0, 0.05) is 6.04 Å². The number of hydrogen-bond donors (Lipinski definition) is 1. The molecule has 19 heavy (non-hydrogen) atoms. The molecule has 0 amide bonds. The van der Waals surface area contributed by atoms with Crippen molar-refractivity contribution >= 4 is 0 Å². The molecule has 2 unspecified atom stereocenters. The quantitative estimate of drug-likeness (QED) is 0.789. The van der Waals surface area contributed by atoms with E-state index in [0.717, 1.165) is 32.1 Å². The Balaban J connectivity index is 2.38. The smallest absolute Gasteiger partial charge is 0.316 e. The molecule has 1 aromatic rings. The first-order valence-corrected chi connectivity index (χ1v) is 6.87. The first-order valence-electron chi connectivity index (χ1n) is 6.87. The van der Waals surface area contributed by atoms with Crippen molar-refractivity contribution in [2.45, 2.75) is 50.2 Å². The standard InChI is InChI=1S/C15H20F3N/c1-19-14-10-4-2-3-8-12(14)11-7-5-6-9-13(11)15(16,17)18/h5-7,9,12,14,19H,2-4,8,10H2,1H3. The van der Waals surface area contributed by atoms with Crippen molar-refractivity contribution in [1.82, 2.24) is 5.32 Å². The molecule has 1 saturated carbocycles. The summed E-state index contributed by atoms with van der Waals surface area (Å²) in [6.07, 6.45) is 0.737. The SMILES string of the molecule is CNC1CCCCCC1c1ccccc1C(F)(F)F. The average molecular weight is 271 g/mol. The molecule has 1 nitrogen and oxygen atoms in total. The van der Waals surface area contributed by atoms with Crippen molar-refractivity contribution in [2.75, 3.05) is 7.05 Å². The number of likely N-dealkylation sites (N-methyl/N-ethyl adjacent to an activating group) is 1. The van der Waals surface area contributed by atoms with E-state index in [1.165, 1.54) is 12.1 Å². The summed E-state index contributed by atoms with van der Waals surface area (Å²) in [5.74, 6) is -0.0367. The fourth-order valence-corrected chi connectivity index (χ4v) is 3.10. The predicted molar refractivity (Wildman–Crippen MR) is 70.1 cm³/mol. The summed E-state index contributed by atoms with van der Waals surface area (Å²) in [5.41, 5.74) is -0.0154. The van der Waals surface area contributed by atoms with E-state index in [9.17, 15) is 13.2 Å². The minimum atomic E-state index is -4.26. The lowest BCUT2D eigenvalue weighted by atomic mass is 9.84. The van der Waals surface area contributed by atoms with Crippen LogP contribution in [0.25, 0.3) is 0 Å². The van der Waals surface area contributed by atoms with Crippen LogP contribution in [0.4, 0.5) is 13.2 Å². The topological polar surface area (TPSA) is 12.0 Å². The van der Waals surface area contributed by atoms with Crippen LogP contribution in [0.5, 0.6) is 0 Å². The molecule has 0 heterocycles. The van der Waals surface area contributed by atoms with Gasteiger partial charge >= 0.3 is 6.18 Å². The molecule has 0 spiro atoms. The highest BCUT2D eigenvalue weighted by Gasteiger charge is 2.36. The lowest BCUT2D eigenvalue weighted by Crippen LogP contribution is -2.32. The largest absolute Gasteiger partial charge is 0.416 e. The summed E-state index contributed by atoms with van der Waals surface area (Å²) >= 11 is 0. The van der Waals surface area contributed by atoms with Gasteiger partial charge in [0.1, 0.15) is 0 Å². The van der Waals surface area contributed by atoms with E-state index in [4.69, 9.17) is 0 Å². The monoisotopic (exact) mass is 271 g/mol. The second kappa shape index (κ2) is 5.95. The average Bonchev–Trinajstić information content (AvgIpc) is 2.62. The third kappa shape index (κ3) is 3.30. The molecule has 106 valence electrons. The maximum Gasteiger partial charge on any atom is 0.416 e. The number of hydrogen-bond acceptors (Lipinski definition) is 1. The van der Waals surface area contributed by atoms with Gasteiger partial charge in [-0.3, -0.25) is 0 Å². The van der Waals surface area contributed by atoms with Crippen LogP contribution in [0.1, 0.15) is 49.1 Å². The Labute approximate surface area is 112 Å². The molecule has 0 bridgehead atoms. The first-order chi connectivity index (χ1) is 9.04. The fraction of sp³-hybridized carbons (Fsp3) is 0.600. The number of benzene rings is 1. The van der Waals surface area contributed by atoms with Crippen LogP contribution >= 0.6 is 0 Å². The Hall–Kier alpha value is -1.03. The summed E-state index contributed by atoms with van der Waals surface area (Å²) in [7, 11) is 1.85. The molecular weight excluding hydrogens is 251 g/mol. The fourth-order valence-electron chi connectivity index (χ4n) is 3.10. The highest BCUT2D eigenvalue weighted by molar-refractivity contribution is 5.34. The molecule has 2 atom stereocenters. The summed E-state index contributed by atoms with van der Waals surface area (Å²) in [6, 6.07) is 6.17. The zero-order chi connectivity index (χ0) is 13.9. The van der Waals surface area contributed by atoms with E-state index >= 15 is 0 Å². The summed E-state index contributed by atoms with van der Waals surface area (Å²) < 4.78 is 39.3. The second-order valence-corrected chi connectivity index (χ2v) is 5.22. The van der Waals surface area contributed by atoms with E-state index in [0.29, 0.717) is 5.56 Å². The zero-order valence-electron chi connectivity index (χ0n) is 11.1. The third-order valence-corrected chi connectivity index (χ3v) is 4.05. The third-order valence-electron chi connectivity index (χ3n) is 4.05. The van der Waals surface area contributed by atoms with Gasteiger partial charge in [-0.1, -0.05) is 37.5 Å². The van der Waals surface area contributed by atoms with Crippen LogP contribution in [0, 0.1) is 0 Å². The van der Waals surface area contributed by atoms with E-state index in [1.807, 2.05) is 7.05 Å². The van der Waals surface area contributed by atoms with Gasteiger partial charge in [-0.25, -0.2) is 0 Å². The van der Waals surface area contributed by atoms with Crippen molar-refractivity contribution in [3.63, 3.8) is 0 Å². The summed E-state index contributed by atoms with van der Waals surface area (Å²) in [4.78, 5) is 0. The van der Waals surface area contributed by atoms with E-state index < -0.39 is 11.7 Å². The molecule has 4 heteroatoms. The normalized spacial score (nSPS) is 25.1. The Morgan fingerprint density at radius 3 is 2.42 bits per heavy atom. The number of nitrogens with one attached hydrogen (secondary N) is 1. The van der Waals surface area contributed by atoms with Crippen LogP contribution in [0.2, 0.25) is 0 Å². The van der Waals surface area contributed by atoms with Gasteiger partial charge in [0.05, 0.1) is 5.56 Å². The molecule has 0 aliphatic heterocycles. The van der Waals surface area contributed by atoms with Crippen LogP contribution in [0.3, 0.4) is 0 Å². The molecule has 1 aliphatic rings. The lowest BCUT2D eigenvalue weighted by Gasteiger charge is -2.27. The van der Waals surface area contributed by atoms with Gasteiger partial charge in [-0.15, -0.1) is 0 Å². The molecule has 0 aromatic heterocycles. The van der Waals surface area contributed by atoms with E-state index in [2.05, 4.69) is 5.32 Å². The molecule has 1 aromatic carbocycles. The molecule has 1 fully saturated rings. The van der Waals surface area contributed by atoms with Crippen LogP contribution < -0.4 is 5.32 Å². The Morgan fingerprint density at radius 1 is 1.05 bits per heavy atom. The van der Waals surface area contributed by atoms with Crippen molar-refractivity contribution < 1.29 is 13.2 Å². The molecule has 1 aliphatic carbocycles. The molecule has 0 radical (unpaired) electrons. The Morgan fingerprint density at radius 2 is 1.74 bits per heavy atom. The van der Waals surface area contributed by atoms with Crippen LogP contribution in [-0.4, -0.2) is 13.1 Å². The molecule has 0 saturated heterocycles. The van der Waals surface area contributed by atoms with Gasteiger partial charge in [-0.2, -0.15) is 13.2 Å². The predicted octanol–water partition coefficient (Wildman–Crippen LogP) is 4.34. The van der Waals surface area contributed by atoms with Crippen molar-refractivity contribution in [3.05, 3.63) is 35.4 Å². The van der Waals surface area contributed by atoms with E-state index in [-0.39, 0.29) is 12.0 Å². The van der Waals surface area contributed by atoms with E-state index in [1.54, 1.807) is 12.1 Å². The lowest BCUT2D eigenvalue weighted by molar-refractivity contribution is -0.138. The van der Waals surface area contributed by atoms with Crippen molar-refractivity contribution in [2.24, 2.45) is 0 Å². The highest BCUT2D eigenvalue weighted by Crippen LogP contribution is 2.39. The maximum absolute atomic E-state index is 13.1. The van der Waals surface area contributed by atoms with Gasteiger partial charge in [-0.05, 0) is 37.4 Å². The number of halogens is 3. The van der Waals surface area contributed by atoms with Gasteiger partial charge in [0.25, 0.3) is 0 Å². The molecule has 2 rings (SSSR count). The van der Waals surface area contributed by atoms with Crippen LogP contribution in [0.15, 0.2) is 24.3 Å². The molecule has 1 N–H and O–H groups in total. The minimum absolute atomic E-state index is 0.0367. The zero-order valence-corrected chi connectivity index (χ0v) is 11.1. The van der Waals surface area contributed by atoms with Gasteiger partial charge in [0.15, 0.2) is 0 Å². The summed E-state index contributed by atoms with van der Waals surface area (Å²) in [6.45, 7) is 0. The summed E-state index contributed by atoms with van der Waals surface area (Å²) in [5, 5.41) is 3.20.